The summed E-state index contributed by atoms with van der Waals surface area (Å²) in [5.41, 5.74) is 0.431. The topological polar surface area (TPSA) is 99.6 Å². The van der Waals surface area contributed by atoms with E-state index in [0.29, 0.717) is 10.8 Å². The molecule has 2 rings (SSSR count). The minimum absolute atomic E-state index is 0.100. The van der Waals surface area contributed by atoms with Crippen LogP contribution in [0.3, 0.4) is 0 Å². The first-order valence-electron chi connectivity index (χ1n) is 5.20. The van der Waals surface area contributed by atoms with E-state index in [9.17, 15) is 14.4 Å². The summed E-state index contributed by atoms with van der Waals surface area (Å²) in [5.74, 6) is -1.49. The highest BCUT2D eigenvalue weighted by Crippen LogP contribution is 2.21. The Hall–Kier alpha value is -1.96. The summed E-state index contributed by atoms with van der Waals surface area (Å²) in [4.78, 5) is 38.6. The van der Waals surface area contributed by atoms with Crippen LogP contribution < -0.4 is 5.32 Å². The van der Waals surface area contributed by atoms with E-state index in [2.05, 4.69) is 10.3 Å². The van der Waals surface area contributed by atoms with Crippen LogP contribution in [0.25, 0.3) is 0 Å². The van der Waals surface area contributed by atoms with Gasteiger partial charge in [0, 0.05) is 12.4 Å². The summed E-state index contributed by atoms with van der Waals surface area (Å²) >= 11 is 1.22. The maximum atomic E-state index is 11.6. The Kier molecular flexibility index (Phi) is 3.28. The number of carbonyl (C=O) groups excluding carboxylic acids is 2. The second kappa shape index (κ2) is 4.73. The second-order valence-electron chi connectivity index (χ2n) is 3.91. The number of thiazole rings is 1. The zero-order valence-corrected chi connectivity index (χ0v) is 10.4. The molecule has 96 valence electrons. The van der Waals surface area contributed by atoms with Crippen LogP contribution in [0.4, 0.5) is 5.13 Å². The van der Waals surface area contributed by atoms with Crippen molar-refractivity contribution in [1.82, 2.24) is 9.88 Å². The molecule has 8 heteroatoms. The fourth-order valence-corrected chi connectivity index (χ4v) is 2.39. The van der Waals surface area contributed by atoms with Gasteiger partial charge in [-0.05, 0) is 0 Å². The summed E-state index contributed by atoms with van der Waals surface area (Å²) in [5, 5.41) is 13.5. The highest BCUT2D eigenvalue weighted by atomic mass is 32.1. The van der Waals surface area contributed by atoms with Gasteiger partial charge in [0.25, 0.3) is 5.91 Å². The van der Waals surface area contributed by atoms with Crippen molar-refractivity contribution in [3.05, 3.63) is 11.1 Å². The lowest BCUT2D eigenvalue weighted by atomic mass is 10.2. The van der Waals surface area contributed by atoms with E-state index in [0.717, 1.165) is 4.90 Å². The smallest absolute Gasteiger partial charge is 0.309 e. The molecule has 1 unspecified atom stereocenters. The SMILES string of the molecule is CN1C(=O)CC(Nc2nc(CC(=O)O)cs2)C1=O. The first-order valence-corrected chi connectivity index (χ1v) is 6.08. The van der Waals surface area contributed by atoms with Crippen molar-refractivity contribution >= 4 is 34.3 Å². The normalized spacial score (nSPS) is 19.4. The van der Waals surface area contributed by atoms with E-state index in [4.69, 9.17) is 5.11 Å². The molecule has 18 heavy (non-hydrogen) atoms. The number of carbonyl (C=O) groups is 3. The van der Waals surface area contributed by atoms with Gasteiger partial charge in [-0.1, -0.05) is 0 Å². The maximum absolute atomic E-state index is 11.6. The zero-order valence-electron chi connectivity index (χ0n) is 9.54. The minimum Gasteiger partial charge on any atom is -0.481 e. The summed E-state index contributed by atoms with van der Waals surface area (Å²) in [6, 6.07) is -0.605. The van der Waals surface area contributed by atoms with Crippen molar-refractivity contribution < 1.29 is 19.5 Å². The summed E-state index contributed by atoms with van der Waals surface area (Å²) in [6.45, 7) is 0. The first-order chi connectivity index (χ1) is 8.47. The number of rotatable bonds is 4. The second-order valence-corrected chi connectivity index (χ2v) is 4.76. The Balaban J connectivity index is 2.02. The third-order valence-corrected chi connectivity index (χ3v) is 3.39. The summed E-state index contributed by atoms with van der Waals surface area (Å²) in [7, 11) is 1.43. The number of carboxylic acids is 1. The fraction of sp³-hybridized carbons (Fsp3) is 0.400. The molecule has 1 saturated heterocycles. The van der Waals surface area contributed by atoms with Crippen molar-refractivity contribution in [3.8, 4) is 0 Å². The van der Waals surface area contributed by atoms with Crippen LogP contribution in [0.2, 0.25) is 0 Å². The van der Waals surface area contributed by atoms with Gasteiger partial charge in [0.05, 0.1) is 18.5 Å². The van der Waals surface area contributed by atoms with E-state index in [1.165, 1.54) is 18.4 Å². The van der Waals surface area contributed by atoms with Gasteiger partial charge < -0.3 is 10.4 Å². The van der Waals surface area contributed by atoms with Gasteiger partial charge in [-0.25, -0.2) is 4.98 Å². The van der Waals surface area contributed by atoms with E-state index >= 15 is 0 Å². The predicted octanol–water partition coefficient (Wildman–Crippen LogP) is -0.0606. The highest BCUT2D eigenvalue weighted by Gasteiger charge is 2.36. The molecule has 1 atom stereocenters. The molecule has 1 aromatic heterocycles. The fourth-order valence-electron chi connectivity index (χ4n) is 1.63. The maximum Gasteiger partial charge on any atom is 0.309 e. The number of imide groups is 1. The van der Waals surface area contributed by atoms with E-state index < -0.39 is 12.0 Å². The van der Waals surface area contributed by atoms with Gasteiger partial charge in [0.15, 0.2) is 5.13 Å². The van der Waals surface area contributed by atoms with Gasteiger partial charge in [0.2, 0.25) is 5.91 Å². The minimum atomic E-state index is -0.960. The number of nitrogens with zero attached hydrogens (tertiary/aromatic N) is 2. The molecule has 2 heterocycles. The van der Waals surface area contributed by atoms with Crippen LogP contribution in [0.15, 0.2) is 5.38 Å². The molecule has 1 aliphatic heterocycles. The number of likely N-dealkylation sites (tertiary alicyclic amines) is 1. The number of likely N-dealkylation sites (N-methyl/N-ethyl adjacent to an activating group) is 1. The molecule has 0 aromatic carbocycles. The number of aromatic nitrogens is 1. The molecular formula is C10H11N3O4S. The molecule has 0 saturated carbocycles. The average Bonchev–Trinajstić information content (AvgIpc) is 2.80. The number of anilines is 1. The average molecular weight is 269 g/mol. The van der Waals surface area contributed by atoms with Crippen molar-refractivity contribution in [3.63, 3.8) is 0 Å². The van der Waals surface area contributed by atoms with Crippen LogP contribution >= 0.6 is 11.3 Å². The molecular weight excluding hydrogens is 258 g/mol. The summed E-state index contributed by atoms with van der Waals surface area (Å²) < 4.78 is 0. The van der Waals surface area contributed by atoms with Crippen molar-refractivity contribution in [2.75, 3.05) is 12.4 Å². The van der Waals surface area contributed by atoms with Crippen molar-refractivity contribution in [2.45, 2.75) is 18.9 Å². The molecule has 1 aromatic rings. The molecule has 2 amide bonds. The number of nitrogens with one attached hydrogen (secondary N) is 1. The van der Waals surface area contributed by atoms with Crippen molar-refractivity contribution in [1.29, 1.82) is 0 Å². The lowest BCUT2D eigenvalue weighted by molar-refractivity contribution is -0.137. The van der Waals surface area contributed by atoms with Crippen molar-refractivity contribution in [2.24, 2.45) is 0 Å². The van der Waals surface area contributed by atoms with Gasteiger partial charge >= 0.3 is 5.97 Å². The van der Waals surface area contributed by atoms with Gasteiger partial charge in [-0.15, -0.1) is 11.3 Å². The third-order valence-electron chi connectivity index (χ3n) is 2.56. The van der Waals surface area contributed by atoms with Crippen LogP contribution in [0.1, 0.15) is 12.1 Å². The quantitative estimate of drug-likeness (QED) is 0.743. The molecule has 1 aliphatic rings. The van der Waals surface area contributed by atoms with E-state index in [1.807, 2.05) is 0 Å². The van der Waals surface area contributed by atoms with Crippen LogP contribution in [-0.4, -0.2) is 45.9 Å². The van der Waals surface area contributed by atoms with Crippen LogP contribution in [0.5, 0.6) is 0 Å². The number of amides is 2. The molecule has 0 aliphatic carbocycles. The van der Waals surface area contributed by atoms with Crippen LogP contribution in [0, 0.1) is 0 Å². The molecule has 7 nitrogen and oxygen atoms in total. The molecule has 1 fully saturated rings. The Bertz CT molecular complexity index is 513. The Morgan fingerprint density at radius 1 is 1.67 bits per heavy atom. The standard InChI is InChI=1S/C10H11N3O4S/c1-13-7(14)3-6(9(13)17)12-10-11-5(4-18-10)2-8(15)16/h4,6H,2-3H2,1H3,(H,11,12)(H,15,16). The van der Waals surface area contributed by atoms with Crippen LogP contribution in [-0.2, 0) is 20.8 Å². The van der Waals surface area contributed by atoms with E-state index in [-0.39, 0.29) is 24.7 Å². The molecule has 0 radical (unpaired) electrons. The zero-order chi connectivity index (χ0) is 13.3. The number of hydrogen-bond donors (Lipinski definition) is 2. The Labute approximate surface area is 106 Å². The first kappa shape index (κ1) is 12.5. The molecule has 0 spiro atoms. The highest BCUT2D eigenvalue weighted by molar-refractivity contribution is 7.13. The number of hydrogen-bond acceptors (Lipinski definition) is 6. The lowest BCUT2D eigenvalue weighted by Crippen LogP contribution is -2.31. The van der Waals surface area contributed by atoms with Gasteiger partial charge in [0.1, 0.15) is 6.04 Å². The number of carboxylic acid groups (broad SMARTS) is 1. The molecule has 0 bridgehead atoms. The third kappa shape index (κ3) is 2.48. The largest absolute Gasteiger partial charge is 0.481 e. The van der Waals surface area contributed by atoms with E-state index in [1.54, 1.807) is 5.38 Å². The van der Waals surface area contributed by atoms with Gasteiger partial charge in [-0.3, -0.25) is 19.3 Å². The monoisotopic (exact) mass is 269 g/mol. The summed E-state index contributed by atoms with van der Waals surface area (Å²) in [6.07, 6.45) is -0.0567. The lowest BCUT2D eigenvalue weighted by Gasteiger charge is -2.09. The number of aliphatic carboxylic acids is 1. The Morgan fingerprint density at radius 2 is 2.39 bits per heavy atom. The molecule has 2 N–H and O–H groups in total. The van der Waals surface area contributed by atoms with Gasteiger partial charge in [-0.2, -0.15) is 0 Å². The predicted molar refractivity (Wildman–Crippen MR) is 63.3 cm³/mol. The Morgan fingerprint density at radius 3 is 2.94 bits per heavy atom.